The minimum Gasteiger partial charge on any atom is -0.466 e. The van der Waals surface area contributed by atoms with Crippen LogP contribution in [-0.4, -0.2) is 22.6 Å². The number of carbonyl (C=O) groups excluding carboxylic acids is 1. The highest BCUT2D eigenvalue weighted by Crippen LogP contribution is 2.17. The highest BCUT2D eigenvalue weighted by atomic mass is 16.5. The Bertz CT molecular complexity index is 634. The van der Waals surface area contributed by atoms with Crippen molar-refractivity contribution in [1.29, 1.82) is 5.26 Å². The Morgan fingerprint density at radius 3 is 2.68 bits per heavy atom. The molecule has 0 aliphatic rings. The van der Waals surface area contributed by atoms with E-state index in [4.69, 9.17) is 5.26 Å². The lowest BCUT2D eigenvalue weighted by atomic mass is 10.1. The molecule has 0 amide bonds. The molecule has 5 heteroatoms. The van der Waals surface area contributed by atoms with Crippen molar-refractivity contribution in [1.82, 2.24) is 9.55 Å². The molecule has 1 heterocycles. The fraction of sp³-hybridized carbons (Fsp3) is 0.0714. The number of hydrogen-bond acceptors (Lipinski definition) is 4. The van der Waals surface area contributed by atoms with Gasteiger partial charge in [0.05, 0.1) is 30.8 Å². The number of esters is 1. The normalized spacial score (nSPS) is 10.8. The Labute approximate surface area is 110 Å². The van der Waals surface area contributed by atoms with E-state index >= 15 is 0 Å². The third-order valence-electron chi connectivity index (χ3n) is 2.55. The maximum absolute atomic E-state index is 11.4. The van der Waals surface area contributed by atoms with Crippen LogP contribution in [0.25, 0.3) is 5.70 Å². The third kappa shape index (κ3) is 2.87. The quantitative estimate of drug-likeness (QED) is 0.618. The van der Waals surface area contributed by atoms with Crippen molar-refractivity contribution >= 4 is 11.7 Å². The summed E-state index contributed by atoms with van der Waals surface area (Å²) in [6, 6.07) is 8.98. The van der Waals surface area contributed by atoms with E-state index in [-0.39, 0.29) is 0 Å². The molecule has 0 bridgehead atoms. The van der Waals surface area contributed by atoms with Gasteiger partial charge in [-0.1, -0.05) is 12.1 Å². The average molecular weight is 253 g/mol. The fourth-order valence-corrected chi connectivity index (χ4v) is 1.59. The molecule has 0 aliphatic carbocycles. The maximum atomic E-state index is 11.4. The van der Waals surface area contributed by atoms with Crippen LogP contribution in [0.2, 0.25) is 0 Å². The maximum Gasteiger partial charge on any atom is 0.332 e. The molecule has 94 valence electrons. The van der Waals surface area contributed by atoms with Crippen LogP contribution in [0.1, 0.15) is 11.1 Å². The van der Waals surface area contributed by atoms with Crippen molar-refractivity contribution in [2.75, 3.05) is 7.11 Å². The number of imidazole rings is 1. The SMILES string of the molecule is COC(=O)C=C(c1ccc(C#N)cc1)n1ccnc1. The van der Waals surface area contributed by atoms with Gasteiger partial charge in [0.2, 0.25) is 0 Å². The summed E-state index contributed by atoms with van der Waals surface area (Å²) in [5.74, 6) is -0.451. The van der Waals surface area contributed by atoms with Crippen LogP contribution >= 0.6 is 0 Å². The molecule has 0 N–H and O–H groups in total. The molecule has 1 aromatic carbocycles. The van der Waals surface area contributed by atoms with Gasteiger partial charge in [-0.25, -0.2) is 9.78 Å². The van der Waals surface area contributed by atoms with E-state index in [1.54, 1.807) is 47.6 Å². The minimum absolute atomic E-state index is 0.451. The minimum atomic E-state index is -0.451. The van der Waals surface area contributed by atoms with Gasteiger partial charge in [-0.05, 0) is 17.7 Å². The van der Waals surface area contributed by atoms with E-state index in [0.717, 1.165) is 5.56 Å². The lowest BCUT2D eigenvalue weighted by Crippen LogP contribution is -2.02. The highest BCUT2D eigenvalue weighted by Gasteiger charge is 2.07. The summed E-state index contributed by atoms with van der Waals surface area (Å²) in [5, 5.41) is 8.78. The van der Waals surface area contributed by atoms with Gasteiger partial charge in [-0.2, -0.15) is 5.26 Å². The monoisotopic (exact) mass is 253 g/mol. The van der Waals surface area contributed by atoms with E-state index < -0.39 is 5.97 Å². The van der Waals surface area contributed by atoms with Gasteiger partial charge in [0.15, 0.2) is 0 Å². The summed E-state index contributed by atoms with van der Waals surface area (Å²) in [6.07, 6.45) is 6.32. The number of rotatable bonds is 3. The molecule has 2 rings (SSSR count). The van der Waals surface area contributed by atoms with Crippen LogP contribution in [0, 0.1) is 11.3 Å². The van der Waals surface area contributed by atoms with Crippen LogP contribution in [0.5, 0.6) is 0 Å². The predicted octanol–water partition coefficient (Wildman–Crippen LogP) is 1.82. The van der Waals surface area contributed by atoms with Gasteiger partial charge in [0.1, 0.15) is 0 Å². The molecule has 0 saturated heterocycles. The number of ether oxygens (including phenoxy) is 1. The smallest absolute Gasteiger partial charge is 0.332 e. The van der Waals surface area contributed by atoms with Crippen LogP contribution in [0.15, 0.2) is 49.1 Å². The molecule has 5 nitrogen and oxygen atoms in total. The molecule has 0 radical (unpaired) electrons. The molecule has 0 fully saturated rings. The number of carbonyl (C=O) groups is 1. The van der Waals surface area contributed by atoms with E-state index in [9.17, 15) is 4.79 Å². The Hall–Kier alpha value is -2.87. The van der Waals surface area contributed by atoms with Crippen LogP contribution < -0.4 is 0 Å². The predicted molar refractivity (Wildman–Crippen MR) is 68.8 cm³/mol. The van der Waals surface area contributed by atoms with Crippen LogP contribution in [0.4, 0.5) is 0 Å². The largest absolute Gasteiger partial charge is 0.466 e. The molecular formula is C14H11N3O2. The second-order valence-corrected chi connectivity index (χ2v) is 3.71. The van der Waals surface area contributed by atoms with E-state index in [1.807, 2.05) is 6.07 Å². The number of methoxy groups -OCH3 is 1. The molecule has 0 unspecified atom stereocenters. The summed E-state index contributed by atoms with van der Waals surface area (Å²) < 4.78 is 6.35. The van der Waals surface area contributed by atoms with Gasteiger partial charge in [-0.3, -0.25) is 0 Å². The van der Waals surface area contributed by atoms with Gasteiger partial charge < -0.3 is 9.30 Å². The zero-order chi connectivity index (χ0) is 13.7. The van der Waals surface area contributed by atoms with Gasteiger partial charge in [-0.15, -0.1) is 0 Å². The first-order chi connectivity index (χ1) is 9.24. The molecule has 0 aliphatic heterocycles. The Balaban J connectivity index is 2.46. The Morgan fingerprint density at radius 2 is 2.16 bits per heavy atom. The number of benzene rings is 1. The fourth-order valence-electron chi connectivity index (χ4n) is 1.59. The first-order valence-electron chi connectivity index (χ1n) is 5.53. The highest BCUT2D eigenvalue weighted by molar-refractivity contribution is 5.91. The first kappa shape index (κ1) is 12.6. The lowest BCUT2D eigenvalue weighted by molar-refractivity contribution is -0.134. The lowest BCUT2D eigenvalue weighted by Gasteiger charge is -2.08. The molecule has 0 atom stereocenters. The standard InChI is InChI=1S/C14H11N3O2/c1-19-14(18)8-13(17-7-6-16-10-17)12-4-2-11(9-15)3-5-12/h2-8,10H,1H3. The van der Waals surface area contributed by atoms with Crippen LogP contribution in [0.3, 0.4) is 0 Å². The third-order valence-corrected chi connectivity index (χ3v) is 2.55. The van der Waals surface area contributed by atoms with Gasteiger partial charge in [0.25, 0.3) is 0 Å². The number of hydrogen-bond donors (Lipinski definition) is 0. The number of aromatic nitrogens is 2. The molecule has 1 aromatic heterocycles. The molecule has 0 spiro atoms. The topological polar surface area (TPSA) is 67.9 Å². The Kier molecular flexibility index (Phi) is 3.74. The van der Waals surface area contributed by atoms with E-state index in [0.29, 0.717) is 11.3 Å². The van der Waals surface area contributed by atoms with Crippen LogP contribution in [-0.2, 0) is 9.53 Å². The number of nitriles is 1. The summed E-state index contributed by atoms with van der Waals surface area (Å²) >= 11 is 0. The van der Waals surface area contributed by atoms with Gasteiger partial charge >= 0.3 is 5.97 Å². The molecule has 19 heavy (non-hydrogen) atoms. The van der Waals surface area contributed by atoms with Crippen molar-refractivity contribution < 1.29 is 9.53 Å². The first-order valence-corrected chi connectivity index (χ1v) is 5.53. The van der Waals surface area contributed by atoms with Crippen molar-refractivity contribution in [2.24, 2.45) is 0 Å². The zero-order valence-electron chi connectivity index (χ0n) is 10.3. The van der Waals surface area contributed by atoms with E-state index in [2.05, 4.69) is 9.72 Å². The summed E-state index contributed by atoms with van der Waals surface area (Å²) in [6.45, 7) is 0. The Morgan fingerprint density at radius 1 is 1.42 bits per heavy atom. The zero-order valence-corrected chi connectivity index (χ0v) is 10.3. The number of nitrogens with zero attached hydrogens (tertiary/aromatic N) is 3. The van der Waals surface area contributed by atoms with E-state index in [1.165, 1.54) is 13.2 Å². The second kappa shape index (κ2) is 5.65. The van der Waals surface area contributed by atoms with Crippen molar-refractivity contribution in [3.05, 3.63) is 60.2 Å². The van der Waals surface area contributed by atoms with Crippen molar-refractivity contribution in [3.8, 4) is 6.07 Å². The molecular weight excluding hydrogens is 242 g/mol. The van der Waals surface area contributed by atoms with Crippen molar-refractivity contribution in [3.63, 3.8) is 0 Å². The van der Waals surface area contributed by atoms with Gasteiger partial charge in [0, 0.05) is 18.5 Å². The summed E-state index contributed by atoms with van der Waals surface area (Å²) in [5.41, 5.74) is 1.99. The molecule has 0 saturated carbocycles. The molecule has 2 aromatic rings. The summed E-state index contributed by atoms with van der Waals surface area (Å²) in [4.78, 5) is 15.4. The average Bonchev–Trinajstić information content (AvgIpc) is 2.98. The van der Waals surface area contributed by atoms with Crippen molar-refractivity contribution in [2.45, 2.75) is 0 Å². The second-order valence-electron chi connectivity index (χ2n) is 3.71. The summed E-state index contributed by atoms with van der Waals surface area (Å²) in [7, 11) is 1.32.